The number of cyclic esters (lactones) is 1. The number of aliphatic hydroxyl groups is 4. The second-order valence-corrected chi connectivity index (χ2v) is 15.5. The van der Waals surface area contributed by atoms with Gasteiger partial charge in [0, 0.05) is 35.7 Å². The van der Waals surface area contributed by atoms with Crippen LogP contribution < -0.4 is 34.7 Å². The zero-order chi connectivity index (χ0) is 36.1. The van der Waals surface area contributed by atoms with Crippen LogP contribution in [0.25, 0.3) is 0 Å². The number of carboxylic acids is 1. The number of furan rings is 1. The molecule has 1 spiro atoms. The first kappa shape index (κ1) is 39.3. The summed E-state index contributed by atoms with van der Waals surface area (Å²) >= 11 is 0. The molecule has 5 unspecified atom stereocenters. The third-order valence-electron chi connectivity index (χ3n) is 12.7. The number of carbonyl (C=O) groups excluding carboxylic acids is 4. The smallest absolute Gasteiger partial charge is 0.547 e. The molecule has 2 saturated carbocycles. The SMILES string of the molecule is CC(=O)OC1CC(=O)OC(C)(C)C2CC(=O)[C@]3(C)C(CC[C@](C)([C@H](O[C@H]4O[C@@H](CO)[C@H](O)[C@@H](O)[C@@H]4O)c4ccoc4)C34OC4C(=O)[O-])[C@@]12C.[Na+]. The molecule has 5 fully saturated rings. The topological polar surface area (TPSA) is 235 Å². The molecule has 0 amide bonds. The van der Waals surface area contributed by atoms with Crippen molar-refractivity contribution in [3.63, 3.8) is 0 Å². The van der Waals surface area contributed by atoms with Crippen LogP contribution in [0.5, 0.6) is 0 Å². The third-order valence-corrected chi connectivity index (χ3v) is 12.7. The van der Waals surface area contributed by atoms with Crippen molar-refractivity contribution >= 4 is 23.7 Å². The van der Waals surface area contributed by atoms with Gasteiger partial charge in [-0.25, -0.2) is 0 Å². The Balaban J connectivity index is 0.00000486. The van der Waals surface area contributed by atoms with Gasteiger partial charge in [0.1, 0.15) is 53.6 Å². The average molecular weight is 717 g/mol. The number of carbonyl (C=O) groups is 4. The monoisotopic (exact) mass is 716 g/mol. The van der Waals surface area contributed by atoms with E-state index in [-0.39, 0.29) is 61.0 Å². The van der Waals surface area contributed by atoms with Crippen LogP contribution in [0.4, 0.5) is 0 Å². The van der Waals surface area contributed by atoms with Gasteiger partial charge in [0.05, 0.1) is 43.0 Å². The first-order chi connectivity index (χ1) is 22.8. The molecule has 1 aromatic heterocycles. The second kappa shape index (κ2) is 13.2. The largest absolute Gasteiger partial charge is 1.00 e. The minimum atomic E-state index is -1.81. The van der Waals surface area contributed by atoms with Crippen LogP contribution in [0, 0.1) is 28.1 Å². The fraction of sp³-hybridized carbons (Fsp3) is 0.765. The number of carboxylic acid groups (broad SMARTS) is 1. The van der Waals surface area contributed by atoms with Crippen molar-refractivity contribution in [2.45, 2.75) is 127 Å². The molecule has 0 radical (unpaired) electrons. The van der Waals surface area contributed by atoms with E-state index in [1.807, 2.05) is 6.92 Å². The Morgan fingerprint density at radius 3 is 2.28 bits per heavy atom. The first-order valence-corrected chi connectivity index (χ1v) is 16.6. The van der Waals surface area contributed by atoms with Crippen LogP contribution in [0.1, 0.15) is 78.9 Å². The molecule has 3 saturated heterocycles. The van der Waals surface area contributed by atoms with Crippen molar-refractivity contribution in [2.24, 2.45) is 28.1 Å². The molecular weight excluding hydrogens is 671 g/mol. The first-order valence-electron chi connectivity index (χ1n) is 16.6. The number of fused-ring (bicyclic) bond motifs is 4. The van der Waals surface area contributed by atoms with Crippen molar-refractivity contribution in [1.29, 1.82) is 0 Å². The molecule has 4 N–H and O–H groups in total. The number of aliphatic hydroxyl groups excluding tert-OH is 4. The number of hydrogen-bond donors (Lipinski definition) is 4. The molecule has 15 nitrogen and oxygen atoms in total. The van der Waals surface area contributed by atoms with Gasteiger partial charge in [-0.05, 0) is 45.6 Å². The molecule has 14 atom stereocenters. The summed E-state index contributed by atoms with van der Waals surface area (Å²) in [7, 11) is 0. The van der Waals surface area contributed by atoms with Crippen LogP contribution in [0.2, 0.25) is 0 Å². The Hall–Kier alpha value is -1.92. The number of esters is 2. The minimum absolute atomic E-state index is 0. The number of aliphatic carboxylic acids is 1. The molecule has 16 heteroatoms. The number of hydrogen-bond acceptors (Lipinski definition) is 15. The Kier molecular flexibility index (Phi) is 10.4. The maximum atomic E-state index is 14.8. The number of rotatable bonds is 7. The molecule has 272 valence electrons. The predicted octanol–water partition coefficient (Wildman–Crippen LogP) is -3.30. The summed E-state index contributed by atoms with van der Waals surface area (Å²) in [5, 5.41) is 54.5. The van der Waals surface area contributed by atoms with Gasteiger partial charge in [-0.1, -0.05) is 13.8 Å². The Morgan fingerprint density at radius 1 is 1.04 bits per heavy atom. The average Bonchev–Trinajstić information content (AvgIpc) is 3.60. The predicted molar refractivity (Wildman–Crippen MR) is 159 cm³/mol. The fourth-order valence-electron chi connectivity index (χ4n) is 10.4. The summed E-state index contributed by atoms with van der Waals surface area (Å²) in [4.78, 5) is 53.2. The van der Waals surface area contributed by atoms with Crippen molar-refractivity contribution in [2.75, 3.05) is 6.61 Å². The van der Waals surface area contributed by atoms with E-state index in [1.165, 1.54) is 19.5 Å². The molecule has 4 heterocycles. The Bertz CT molecular complexity index is 1500. The quantitative estimate of drug-likeness (QED) is 0.123. The summed E-state index contributed by atoms with van der Waals surface area (Å²) < 4.78 is 35.5. The Labute approximate surface area is 311 Å². The zero-order valence-electron chi connectivity index (χ0n) is 29.3. The van der Waals surface area contributed by atoms with Crippen molar-refractivity contribution in [3.05, 3.63) is 24.2 Å². The maximum absolute atomic E-state index is 14.8. The van der Waals surface area contributed by atoms with E-state index in [9.17, 15) is 44.7 Å². The van der Waals surface area contributed by atoms with E-state index in [2.05, 4.69) is 0 Å². The number of ketones is 1. The van der Waals surface area contributed by atoms with Crippen LogP contribution >= 0.6 is 0 Å². The van der Waals surface area contributed by atoms with Crippen molar-refractivity contribution in [3.8, 4) is 0 Å². The van der Waals surface area contributed by atoms with E-state index in [4.69, 9.17) is 28.1 Å². The second-order valence-electron chi connectivity index (χ2n) is 15.5. The molecule has 2 aliphatic carbocycles. The summed E-state index contributed by atoms with van der Waals surface area (Å²) in [5.74, 6) is -4.48. The summed E-state index contributed by atoms with van der Waals surface area (Å²) in [5.41, 5.74) is -6.70. The molecule has 50 heavy (non-hydrogen) atoms. The molecule has 3 aliphatic heterocycles. The summed E-state index contributed by atoms with van der Waals surface area (Å²) in [6.45, 7) is 9.15. The van der Waals surface area contributed by atoms with Gasteiger partial charge in [0.15, 0.2) is 6.29 Å². The van der Waals surface area contributed by atoms with Gasteiger partial charge in [-0.15, -0.1) is 0 Å². The van der Waals surface area contributed by atoms with Gasteiger partial charge < -0.3 is 58.4 Å². The summed E-state index contributed by atoms with van der Waals surface area (Å²) in [6.07, 6.45) is -9.31. The molecule has 0 aromatic carbocycles. The van der Waals surface area contributed by atoms with E-state index in [0.29, 0.717) is 5.56 Å². The van der Waals surface area contributed by atoms with Gasteiger partial charge in [0.2, 0.25) is 0 Å². The van der Waals surface area contributed by atoms with Gasteiger partial charge in [-0.2, -0.15) is 0 Å². The number of Topliss-reactive ketones (excluding diaryl/α,β-unsaturated/α-hetero) is 1. The molecule has 1 aromatic rings. The van der Waals surface area contributed by atoms with Crippen molar-refractivity contribution < 1.29 is 102 Å². The third kappa shape index (κ3) is 5.45. The van der Waals surface area contributed by atoms with Crippen molar-refractivity contribution in [1.82, 2.24) is 0 Å². The summed E-state index contributed by atoms with van der Waals surface area (Å²) in [6, 6.07) is 1.56. The maximum Gasteiger partial charge on any atom is 1.00 e. The molecule has 6 rings (SSSR count). The minimum Gasteiger partial charge on any atom is -0.547 e. The zero-order valence-corrected chi connectivity index (χ0v) is 31.3. The van der Waals surface area contributed by atoms with E-state index in [1.54, 1.807) is 33.8 Å². The van der Waals surface area contributed by atoms with Crippen LogP contribution in [0.15, 0.2) is 23.0 Å². The van der Waals surface area contributed by atoms with Gasteiger partial charge in [-0.3, -0.25) is 14.4 Å². The van der Waals surface area contributed by atoms with Gasteiger partial charge >= 0.3 is 41.5 Å². The molecule has 0 bridgehead atoms. The Morgan fingerprint density at radius 2 is 1.72 bits per heavy atom. The van der Waals surface area contributed by atoms with E-state index in [0.717, 1.165) is 0 Å². The molecule has 5 aliphatic rings. The van der Waals surface area contributed by atoms with Crippen LogP contribution in [0.3, 0.4) is 0 Å². The standard InChI is InChI=1S/C34H46O15.Na/c1-15(36)45-21-12-22(38)48-30(2,3)19-11-20(37)33(6)18(32(19,21)5)7-9-31(4,34(33)27(49-34)28(42)43)26(16-8-10-44-14-16)47-29-25(41)24(40)23(39)17(13-35)46-29;/h8,10,14,17-19,21,23-27,29,35,39-41H,7,9,11-13H2,1-6H3,(H,42,43);/q;+1/p-1/t17-,18?,19?,21?,23-,24+,25-,26+,27?,29+,31+,32+,33-,34?;/m0./s1. The van der Waals surface area contributed by atoms with E-state index < -0.39 is 113 Å². The van der Waals surface area contributed by atoms with Crippen LogP contribution in [-0.2, 0) is 42.9 Å². The normalized spacial score (nSPS) is 45.6. The molecular formula is C34H45NaO15. The number of epoxide rings is 1. The van der Waals surface area contributed by atoms with Crippen LogP contribution in [-0.4, -0.2) is 105 Å². The number of ether oxygens (including phenoxy) is 5. The fourth-order valence-corrected chi connectivity index (χ4v) is 10.4. The van der Waals surface area contributed by atoms with Gasteiger partial charge in [0.25, 0.3) is 0 Å². The van der Waals surface area contributed by atoms with E-state index >= 15 is 0 Å².